The molecule has 0 spiro atoms. The second kappa shape index (κ2) is 10.5. The molecule has 9 heteroatoms. The van der Waals surface area contributed by atoms with Crippen molar-refractivity contribution >= 4 is 34.2 Å². The number of anilines is 1. The SMILES string of the molecule is CCOC(=O)c1sc(NC(=O)COc2ccc(OC)cc2)c(C(=O)OCC)c1C. The van der Waals surface area contributed by atoms with Crippen LogP contribution in [0.25, 0.3) is 0 Å². The summed E-state index contributed by atoms with van der Waals surface area (Å²) >= 11 is 0.964. The minimum atomic E-state index is -0.622. The Kier molecular flexibility index (Phi) is 8.02. The van der Waals surface area contributed by atoms with Gasteiger partial charge in [0.15, 0.2) is 6.61 Å². The van der Waals surface area contributed by atoms with Gasteiger partial charge in [-0.1, -0.05) is 0 Å². The first-order chi connectivity index (χ1) is 13.9. The fourth-order valence-electron chi connectivity index (χ4n) is 2.43. The van der Waals surface area contributed by atoms with Gasteiger partial charge in [0.2, 0.25) is 0 Å². The standard InChI is InChI=1S/C20H23NO7S/c1-5-26-19(23)16-12(3)17(20(24)27-6-2)29-18(16)21-15(22)11-28-14-9-7-13(25-4)8-10-14/h7-10H,5-6,11H2,1-4H3,(H,21,22). The number of carbonyl (C=O) groups excluding carboxylic acids is 3. The molecule has 0 unspecified atom stereocenters. The van der Waals surface area contributed by atoms with Gasteiger partial charge in [0.25, 0.3) is 5.91 Å². The molecule has 0 saturated carbocycles. The quantitative estimate of drug-likeness (QED) is 0.619. The number of esters is 2. The fraction of sp³-hybridized carbons (Fsp3) is 0.350. The molecule has 1 aromatic heterocycles. The molecule has 0 fully saturated rings. The van der Waals surface area contributed by atoms with Gasteiger partial charge in [0.05, 0.1) is 25.9 Å². The number of hydrogen-bond acceptors (Lipinski definition) is 8. The molecule has 0 bridgehead atoms. The molecule has 0 aliphatic rings. The van der Waals surface area contributed by atoms with E-state index in [0.29, 0.717) is 17.1 Å². The highest BCUT2D eigenvalue weighted by Crippen LogP contribution is 2.34. The highest BCUT2D eigenvalue weighted by molar-refractivity contribution is 7.18. The third-order valence-electron chi connectivity index (χ3n) is 3.77. The van der Waals surface area contributed by atoms with Crippen molar-refractivity contribution in [2.75, 3.05) is 32.2 Å². The summed E-state index contributed by atoms with van der Waals surface area (Å²) in [6.07, 6.45) is 0. The summed E-state index contributed by atoms with van der Waals surface area (Å²) in [4.78, 5) is 37.1. The molecule has 8 nitrogen and oxygen atoms in total. The molecule has 2 rings (SSSR count). The van der Waals surface area contributed by atoms with Crippen LogP contribution >= 0.6 is 11.3 Å². The summed E-state index contributed by atoms with van der Waals surface area (Å²) in [6, 6.07) is 6.76. The van der Waals surface area contributed by atoms with Crippen LogP contribution in [0, 0.1) is 6.92 Å². The fourth-order valence-corrected chi connectivity index (χ4v) is 3.53. The van der Waals surface area contributed by atoms with Gasteiger partial charge in [-0.25, -0.2) is 9.59 Å². The molecule has 0 aliphatic carbocycles. The Hall–Kier alpha value is -3.07. The first-order valence-corrected chi connectivity index (χ1v) is 9.77. The zero-order valence-corrected chi connectivity index (χ0v) is 17.5. The third kappa shape index (κ3) is 5.71. The lowest BCUT2D eigenvalue weighted by atomic mass is 10.1. The Bertz CT molecular complexity index is 874. The summed E-state index contributed by atoms with van der Waals surface area (Å²) in [5.41, 5.74) is 0.538. The molecule has 0 radical (unpaired) electrons. The third-order valence-corrected chi connectivity index (χ3v) is 4.96. The molecule has 156 valence electrons. The number of thiophene rings is 1. The molecule has 0 aliphatic heterocycles. The summed E-state index contributed by atoms with van der Waals surface area (Å²) in [6.45, 7) is 5.05. The van der Waals surface area contributed by atoms with Crippen LogP contribution in [0.5, 0.6) is 11.5 Å². The van der Waals surface area contributed by atoms with E-state index in [1.165, 1.54) is 0 Å². The van der Waals surface area contributed by atoms with Crippen molar-refractivity contribution in [1.29, 1.82) is 0 Å². The lowest BCUT2D eigenvalue weighted by molar-refractivity contribution is -0.118. The Labute approximate surface area is 172 Å². The molecule has 1 aromatic carbocycles. The maximum atomic E-state index is 12.3. The molecule has 0 saturated heterocycles. The van der Waals surface area contributed by atoms with Gasteiger partial charge in [-0.3, -0.25) is 4.79 Å². The average Bonchev–Trinajstić information content (AvgIpc) is 3.03. The van der Waals surface area contributed by atoms with Gasteiger partial charge < -0.3 is 24.3 Å². The minimum absolute atomic E-state index is 0.137. The van der Waals surface area contributed by atoms with Crippen LogP contribution in [0.1, 0.15) is 39.4 Å². The Morgan fingerprint density at radius 3 is 2.14 bits per heavy atom. The van der Waals surface area contributed by atoms with E-state index >= 15 is 0 Å². The molecular formula is C20H23NO7S. The van der Waals surface area contributed by atoms with E-state index in [4.69, 9.17) is 18.9 Å². The summed E-state index contributed by atoms with van der Waals surface area (Å²) in [5, 5.41) is 2.84. The van der Waals surface area contributed by atoms with Crippen molar-refractivity contribution in [2.45, 2.75) is 20.8 Å². The topological polar surface area (TPSA) is 100 Å². The van der Waals surface area contributed by atoms with Crippen LogP contribution in [-0.2, 0) is 14.3 Å². The predicted molar refractivity (Wildman–Crippen MR) is 108 cm³/mol. The van der Waals surface area contributed by atoms with Gasteiger partial charge in [0, 0.05) is 0 Å². The average molecular weight is 421 g/mol. The van der Waals surface area contributed by atoms with Gasteiger partial charge in [-0.2, -0.15) is 0 Å². The lowest BCUT2D eigenvalue weighted by Crippen LogP contribution is -2.21. The first kappa shape index (κ1) is 22.2. The second-order valence-corrected chi connectivity index (χ2v) is 6.73. The van der Waals surface area contributed by atoms with Crippen molar-refractivity contribution in [2.24, 2.45) is 0 Å². The van der Waals surface area contributed by atoms with Gasteiger partial charge in [0.1, 0.15) is 21.4 Å². The number of hydrogen-bond donors (Lipinski definition) is 1. The van der Waals surface area contributed by atoms with Crippen LogP contribution in [0.15, 0.2) is 24.3 Å². The summed E-state index contributed by atoms with van der Waals surface area (Å²) < 4.78 is 20.6. The van der Waals surface area contributed by atoms with Crippen molar-refractivity contribution in [3.8, 4) is 11.5 Å². The van der Waals surface area contributed by atoms with Crippen molar-refractivity contribution < 1.29 is 33.3 Å². The lowest BCUT2D eigenvalue weighted by Gasteiger charge is -2.09. The minimum Gasteiger partial charge on any atom is -0.497 e. The molecule has 0 atom stereocenters. The highest BCUT2D eigenvalue weighted by Gasteiger charge is 2.27. The van der Waals surface area contributed by atoms with Crippen molar-refractivity contribution in [1.82, 2.24) is 0 Å². The van der Waals surface area contributed by atoms with E-state index in [9.17, 15) is 14.4 Å². The van der Waals surface area contributed by atoms with Crippen molar-refractivity contribution in [3.63, 3.8) is 0 Å². The van der Waals surface area contributed by atoms with Crippen LogP contribution in [0.2, 0.25) is 0 Å². The van der Waals surface area contributed by atoms with E-state index in [1.54, 1.807) is 52.1 Å². The number of carbonyl (C=O) groups is 3. The van der Waals surface area contributed by atoms with Crippen LogP contribution < -0.4 is 14.8 Å². The number of nitrogens with one attached hydrogen (secondary N) is 1. The zero-order chi connectivity index (χ0) is 21.4. The Morgan fingerprint density at radius 2 is 1.55 bits per heavy atom. The Balaban J connectivity index is 2.16. The number of benzene rings is 1. The second-order valence-electron chi connectivity index (χ2n) is 5.71. The number of methoxy groups -OCH3 is 1. The van der Waals surface area contributed by atoms with E-state index in [1.807, 2.05) is 0 Å². The van der Waals surface area contributed by atoms with Gasteiger partial charge in [-0.05, 0) is 50.6 Å². The molecule has 1 amide bonds. The number of amides is 1. The first-order valence-electron chi connectivity index (χ1n) is 8.95. The maximum absolute atomic E-state index is 12.3. The molecular weight excluding hydrogens is 398 g/mol. The summed E-state index contributed by atoms with van der Waals surface area (Å²) in [5.74, 6) is -0.510. The maximum Gasteiger partial charge on any atom is 0.348 e. The smallest absolute Gasteiger partial charge is 0.348 e. The van der Waals surface area contributed by atoms with Crippen LogP contribution in [0.4, 0.5) is 5.00 Å². The van der Waals surface area contributed by atoms with Crippen LogP contribution in [0.3, 0.4) is 0 Å². The Morgan fingerprint density at radius 1 is 0.966 bits per heavy atom. The van der Waals surface area contributed by atoms with E-state index in [2.05, 4.69) is 5.32 Å². The van der Waals surface area contributed by atoms with Crippen LogP contribution in [-0.4, -0.2) is 44.8 Å². The number of ether oxygens (including phenoxy) is 4. The normalized spacial score (nSPS) is 10.2. The largest absolute Gasteiger partial charge is 0.497 e. The number of rotatable bonds is 9. The molecule has 1 heterocycles. The summed E-state index contributed by atoms with van der Waals surface area (Å²) in [7, 11) is 1.55. The zero-order valence-electron chi connectivity index (χ0n) is 16.7. The monoisotopic (exact) mass is 421 g/mol. The van der Waals surface area contributed by atoms with Gasteiger partial charge in [-0.15, -0.1) is 11.3 Å². The van der Waals surface area contributed by atoms with Gasteiger partial charge >= 0.3 is 11.9 Å². The van der Waals surface area contributed by atoms with E-state index in [-0.39, 0.29) is 35.3 Å². The highest BCUT2D eigenvalue weighted by atomic mass is 32.1. The van der Waals surface area contributed by atoms with E-state index in [0.717, 1.165) is 11.3 Å². The molecule has 2 aromatic rings. The predicted octanol–water partition coefficient (Wildman–Crippen LogP) is 3.44. The molecule has 29 heavy (non-hydrogen) atoms. The van der Waals surface area contributed by atoms with Crippen molar-refractivity contribution in [3.05, 3.63) is 40.3 Å². The van der Waals surface area contributed by atoms with E-state index < -0.39 is 17.8 Å². The molecule has 1 N–H and O–H groups in total.